The molecule has 0 atom stereocenters. The fraction of sp³-hybridized carbons (Fsp3) is 0.100. The SMILES string of the molecule is O=C(Cc1cn2ccsc2n1)NC(c1ccc(F)cc1)c1ccc(F)cc1. The Hall–Kier alpha value is -3.06. The number of thiazole rings is 1. The van der Waals surface area contributed by atoms with Gasteiger partial charge in [0.25, 0.3) is 0 Å². The molecule has 0 saturated heterocycles. The maximum absolute atomic E-state index is 13.3. The molecule has 7 heteroatoms. The zero-order valence-corrected chi connectivity index (χ0v) is 14.9. The van der Waals surface area contributed by atoms with Gasteiger partial charge in [0.1, 0.15) is 11.6 Å². The minimum atomic E-state index is -0.512. The Morgan fingerprint density at radius 3 is 2.19 bits per heavy atom. The lowest BCUT2D eigenvalue weighted by molar-refractivity contribution is -0.121. The molecule has 2 aromatic heterocycles. The molecule has 4 nitrogen and oxygen atoms in total. The molecule has 2 aromatic carbocycles. The number of imidazole rings is 1. The van der Waals surface area contributed by atoms with Crippen LogP contribution in [0.1, 0.15) is 22.9 Å². The van der Waals surface area contributed by atoms with Crippen LogP contribution in [0.15, 0.2) is 66.3 Å². The molecule has 0 aliphatic heterocycles. The zero-order valence-electron chi connectivity index (χ0n) is 14.1. The lowest BCUT2D eigenvalue weighted by atomic mass is 9.98. The summed E-state index contributed by atoms with van der Waals surface area (Å²) in [4.78, 5) is 17.8. The molecule has 4 aromatic rings. The van der Waals surface area contributed by atoms with Gasteiger partial charge in [-0.25, -0.2) is 13.8 Å². The summed E-state index contributed by atoms with van der Waals surface area (Å²) in [6.07, 6.45) is 3.82. The number of nitrogens with zero attached hydrogens (tertiary/aromatic N) is 2. The van der Waals surface area contributed by atoms with Crippen molar-refractivity contribution in [3.05, 3.63) is 94.8 Å². The van der Waals surface area contributed by atoms with Crippen LogP contribution in [0.3, 0.4) is 0 Å². The Morgan fingerprint density at radius 1 is 1.04 bits per heavy atom. The van der Waals surface area contributed by atoms with E-state index in [4.69, 9.17) is 0 Å². The molecular formula is C20H15F2N3OS. The molecule has 4 rings (SSSR count). The van der Waals surface area contributed by atoms with Crippen LogP contribution in [0.5, 0.6) is 0 Å². The summed E-state index contributed by atoms with van der Waals surface area (Å²) >= 11 is 1.49. The lowest BCUT2D eigenvalue weighted by Crippen LogP contribution is -2.30. The Bertz CT molecular complexity index is 997. The number of nitrogens with one attached hydrogen (secondary N) is 1. The average Bonchev–Trinajstić information content (AvgIpc) is 3.23. The molecule has 0 radical (unpaired) electrons. The molecule has 0 aliphatic rings. The normalized spacial score (nSPS) is 11.2. The number of fused-ring (bicyclic) bond motifs is 1. The number of benzene rings is 2. The van der Waals surface area contributed by atoms with Crippen molar-refractivity contribution in [2.45, 2.75) is 12.5 Å². The Morgan fingerprint density at radius 2 is 1.63 bits per heavy atom. The van der Waals surface area contributed by atoms with E-state index in [-0.39, 0.29) is 24.0 Å². The van der Waals surface area contributed by atoms with Gasteiger partial charge in [-0.1, -0.05) is 24.3 Å². The molecule has 0 unspecified atom stereocenters. The smallest absolute Gasteiger partial charge is 0.226 e. The van der Waals surface area contributed by atoms with Gasteiger partial charge in [0.15, 0.2) is 4.96 Å². The first kappa shape index (κ1) is 17.4. The number of aromatic nitrogens is 2. The Labute approximate surface area is 158 Å². The first-order chi connectivity index (χ1) is 13.1. The topological polar surface area (TPSA) is 46.4 Å². The predicted octanol–water partition coefficient (Wildman–Crippen LogP) is 4.12. The molecular weight excluding hydrogens is 368 g/mol. The third kappa shape index (κ3) is 3.88. The largest absolute Gasteiger partial charge is 0.345 e. The molecule has 2 heterocycles. The molecule has 0 bridgehead atoms. The minimum Gasteiger partial charge on any atom is -0.345 e. The van der Waals surface area contributed by atoms with Crippen LogP contribution >= 0.6 is 11.3 Å². The van der Waals surface area contributed by atoms with Crippen molar-refractivity contribution in [1.82, 2.24) is 14.7 Å². The van der Waals surface area contributed by atoms with Gasteiger partial charge in [-0.05, 0) is 35.4 Å². The number of amides is 1. The van der Waals surface area contributed by atoms with Gasteiger partial charge in [-0.15, -0.1) is 11.3 Å². The van der Waals surface area contributed by atoms with Gasteiger partial charge >= 0.3 is 0 Å². The van der Waals surface area contributed by atoms with Crippen molar-refractivity contribution in [3.8, 4) is 0 Å². The van der Waals surface area contributed by atoms with E-state index in [9.17, 15) is 13.6 Å². The average molecular weight is 383 g/mol. The van der Waals surface area contributed by atoms with Crippen molar-refractivity contribution < 1.29 is 13.6 Å². The maximum atomic E-state index is 13.3. The van der Waals surface area contributed by atoms with Crippen LogP contribution in [0, 0.1) is 11.6 Å². The minimum absolute atomic E-state index is 0.118. The van der Waals surface area contributed by atoms with Crippen LogP contribution in [0.4, 0.5) is 8.78 Å². The monoisotopic (exact) mass is 383 g/mol. The molecule has 0 spiro atoms. The Balaban J connectivity index is 1.57. The molecule has 0 saturated carbocycles. The standard InChI is InChI=1S/C20H15F2N3OS/c21-15-5-1-13(2-6-15)19(14-3-7-16(22)8-4-14)24-18(26)11-17-12-25-9-10-27-20(25)23-17/h1-10,12,19H,11H2,(H,24,26). The van der Waals surface area contributed by atoms with Gasteiger partial charge in [0.2, 0.25) is 5.91 Å². The first-order valence-electron chi connectivity index (χ1n) is 8.30. The van der Waals surface area contributed by atoms with E-state index in [0.29, 0.717) is 16.8 Å². The van der Waals surface area contributed by atoms with Crippen molar-refractivity contribution in [1.29, 1.82) is 0 Å². The van der Waals surface area contributed by atoms with E-state index in [1.165, 1.54) is 35.6 Å². The van der Waals surface area contributed by atoms with E-state index in [0.717, 1.165) is 4.96 Å². The third-order valence-electron chi connectivity index (χ3n) is 4.20. The highest BCUT2D eigenvalue weighted by Gasteiger charge is 2.18. The predicted molar refractivity (Wildman–Crippen MR) is 99.6 cm³/mol. The van der Waals surface area contributed by atoms with Gasteiger partial charge < -0.3 is 5.32 Å². The van der Waals surface area contributed by atoms with Crippen molar-refractivity contribution in [3.63, 3.8) is 0 Å². The highest BCUT2D eigenvalue weighted by molar-refractivity contribution is 7.15. The van der Waals surface area contributed by atoms with E-state index in [1.54, 1.807) is 24.3 Å². The lowest BCUT2D eigenvalue weighted by Gasteiger charge is -2.20. The maximum Gasteiger partial charge on any atom is 0.226 e. The summed E-state index contributed by atoms with van der Waals surface area (Å²) in [5, 5.41) is 4.87. The van der Waals surface area contributed by atoms with Crippen molar-refractivity contribution >= 4 is 22.2 Å². The van der Waals surface area contributed by atoms with Gasteiger partial charge in [0, 0.05) is 17.8 Å². The second-order valence-corrected chi connectivity index (χ2v) is 6.98. The summed E-state index contributed by atoms with van der Waals surface area (Å²) in [5.74, 6) is -0.943. The van der Waals surface area contributed by atoms with Crippen molar-refractivity contribution in [2.24, 2.45) is 0 Å². The molecule has 1 N–H and O–H groups in total. The number of rotatable bonds is 5. The van der Waals surface area contributed by atoms with Gasteiger partial charge in [0.05, 0.1) is 18.2 Å². The summed E-state index contributed by atoms with van der Waals surface area (Å²) in [7, 11) is 0. The van der Waals surface area contributed by atoms with Crippen LogP contribution in [-0.4, -0.2) is 15.3 Å². The quantitative estimate of drug-likeness (QED) is 0.563. The van der Waals surface area contributed by atoms with Crippen LogP contribution in [-0.2, 0) is 11.2 Å². The van der Waals surface area contributed by atoms with Gasteiger partial charge in [-0.2, -0.15) is 0 Å². The fourth-order valence-corrected chi connectivity index (χ4v) is 3.63. The zero-order chi connectivity index (χ0) is 18.8. The van der Waals surface area contributed by atoms with E-state index < -0.39 is 6.04 Å². The fourth-order valence-electron chi connectivity index (χ4n) is 2.91. The van der Waals surface area contributed by atoms with Crippen molar-refractivity contribution in [2.75, 3.05) is 0 Å². The molecule has 27 heavy (non-hydrogen) atoms. The number of carbonyl (C=O) groups excluding carboxylic acids is 1. The number of halogens is 2. The second-order valence-electron chi connectivity index (χ2n) is 6.11. The van der Waals surface area contributed by atoms with E-state index in [2.05, 4.69) is 10.3 Å². The highest BCUT2D eigenvalue weighted by Crippen LogP contribution is 2.23. The van der Waals surface area contributed by atoms with Crippen LogP contribution < -0.4 is 5.32 Å². The number of carbonyl (C=O) groups is 1. The van der Waals surface area contributed by atoms with E-state index >= 15 is 0 Å². The highest BCUT2D eigenvalue weighted by atomic mass is 32.1. The summed E-state index contributed by atoms with van der Waals surface area (Å²) < 4.78 is 28.4. The van der Waals surface area contributed by atoms with Gasteiger partial charge in [-0.3, -0.25) is 9.20 Å². The number of hydrogen-bond donors (Lipinski definition) is 1. The third-order valence-corrected chi connectivity index (χ3v) is 4.97. The molecule has 0 aliphatic carbocycles. The van der Waals surface area contributed by atoms with Crippen LogP contribution in [0.2, 0.25) is 0 Å². The van der Waals surface area contributed by atoms with Crippen LogP contribution in [0.25, 0.3) is 4.96 Å². The first-order valence-corrected chi connectivity index (χ1v) is 9.18. The Kier molecular flexibility index (Phi) is 4.68. The summed E-state index contributed by atoms with van der Waals surface area (Å²) in [5.41, 5.74) is 2.08. The summed E-state index contributed by atoms with van der Waals surface area (Å²) in [6.45, 7) is 0. The molecule has 0 fully saturated rings. The molecule has 136 valence electrons. The number of hydrogen-bond acceptors (Lipinski definition) is 3. The summed E-state index contributed by atoms with van der Waals surface area (Å²) in [6, 6.07) is 11.3. The van der Waals surface area contributed by atoms with E-state index in [1.807, 2.05) is 22.2 Å². The second kappa shape index (κ2) is 7.28. The molecule has 1 amide bonds.